The van der Waals surface area contributed by atoms with Crippen LogP contribution in [-0.4, -0.2) is 28.1 Å². The maximum Gasteiger partial charge on any atom is 0.338 e. The van der Waals surface area contributed by atoms with E-state index in [0.717, 1.165) is 16.1 Å². The molecule has 1 unspecified atom stereocenters. The lowest BCUT2D eigenvalue weighted by atomic mass is 10.1. The molecule has 6 nitrogen and oxygen atoms in total. The predicted octanol–water partition coefficient (Wildman–Crippen LogP) is 8.07. The molecule has 188 valence electrons. The highest BCUT2D eigenvalue weighted by atomic mass is 35.5. The quantitative estimate of drug-likeness (QED) is 0.141. The first-order valence-electron chi connectivity index (χ1n) is 10.6. The molecule has 11 heteroatoms. The van der Waals surface area contributed by atoms with Crippen LogP contribution in [-0.2, 0) is 4.79 Å². The normalized spacial score (nSPS) is 11.6. The number of anilines is 2. The Kier molecular flexibility index (Phi) is 9.55. The van der Waals surface area contributed by atoms with E-state index in [1.807, 2.05) is 38.1 Å². The smallest absolute Gasteiger partial charge is 0.338 e. The molecule has 1 atom stereocenters. The molecule has 3 N–H and O–H groups in total. The van der Waals surface area contributed by atoms with Crippen molar-refractivity contribution >= 4 is 87.3 Å². The van der Waals surface area contributed by atoms with Crippen LogP contribution >= 0.6 is 58.2 Å². The second-order valence-electron chi connectivity index (χ2n) is 7.61. The van der Waals surface area contributed by atoms with Crippen molar-refractivity contribution in [2.45, 2.75) is 30.4 Å². The fraction of sp³-hybridized carbons (Fsp3) is 0.160. The maximum absolute atomic E-state index is 13.0. The van der Waals surface area contributed by atoms with Crippen LogP contribution < -0.4 is 10.6 Å². The fourth-order valence-corrected chi connectivity index (χ4v) is 5.33. The highest BCUT2D eigenvalue weighted by Crippen LogP contribution is 2.42. The zero-order chi connectivity index (χ0) is 26.6. The van der Waals surface area contributed by atoms with Crippen molar-refractivity contribution in [2.24, 2.45) is 0 Å². The average molecular weight is 586 g/mol. The number of hydrogen-bond acceptors (Lipinski definition) is 4. The summed E-state index contributed by atoms with van der Waals surface area (Å²) in [5.74, 6) is -2.46. The summed E-state index contributed by atoms with van der Waals surface area (Å²) < 4.78 is 0. The number of para-hydroxylation sites is 1. The second kappa shape index (κ2) is 12.2. The summed E-state index contributed by atoms with van der Waals surface area (Å²) in [7, 11) is 0. The summed E-state index contributed by atoms with van der Waals surface area (Å²) in [5, 5.41) is 13.6. The van der Waals surface area contributed by atoms with Gasteiger partial charge in [0, 0.05) is 16.3 Å². The van der Waals surface area contributed by atoms with Crippen molar-refractivity contribution < 1.29 is 19.5 Å². The molecule has 3 rings (SSSR count). The van der Waals surface area contributed by atoms with Gasteiger partial charge in [-0.05, 0) is 43.2 Å². The van der Waals surface area contributed by atoms with E-state index < -0.39 is 33.3 Å². The minimum absolute atomic E-state index is 0.144. The Bertz CT molecular complexity index is 1350. The van der Waals surface area contributed by atoms with E-state index in [1.165, 1.54) is 11.8 Å². The van der Waals surface area contributed by atoms with Gasteiger partial charge in [-0.15, -0.1) is 11.8 Å². The lowest BCUT2D eigenvalue weighted by Gasteiger charge is -2.17. The highest BCUT2D eigenvalue weighted by molar-refractivity contribution is 8.00. The molecule has 0 heterocycles. The first-order valence-corrected chi connectivity index (χ1v) is 13.0. The number of aromatic carboxylic acids is 1. The van der Waals surface area contributed by atoms with Crippen LogP contribution in [0.4, 0.5) is 11.4 Å². The van der Waals surface area contributed by atoms with Crippen molar-refractivity contribution in [1.82, 2.24) is 0 Å². The number of amides is 2. The van der Waals surface area contributed by atoms with Gasteiger partial charge in [0.2, 0.25) is 5.91 Å². The van der Waals surface area contributed by atoms with Gasteiger partial charge in [-0.3, -0.25) is 9.59 Å². The number of thioether (sulfide) groups is 1. The minimum Gasteiger partial charge on any atom is -0.478 e. The van der Waals surface area contributed by atoms with Crippen LogP contribution in [0.15, 0.2) is 53.4 Å². The number of hydrogen-bond donors (Lipinski definition) is 3. The van der Waals surface area contributed by atoms with Gasteiger partial charge < -0.3 is 15.7 Å². The van der Waals surface area contributed by atoms with Crippen molar-refractivity contribution in [3.8, 4) is 0 Å². The molecule has 3 aromatic rings. The third-order valence-corrected chi connectivity index (χ3v) is 8.30. The predicted molar refractivity (Wildman–Crippen MR) is 148 cm³/mol. The van der Waals surface area contributed by atoms with E-state index in [1.54, 1.807) is 24.3 Å². The number of carboxylic acids is 1. The Hall–Kier alpha value is -2.42. The molecule has 0 bridgehead atoms. The third kappa shape index (κ3) is 6.28. The van der Waals surface area contributed by atoms with Crippen LogP contribution in [0.1, 0.15) is 39.6 Å². The molecular formula is C25H20Cl4N2O4S. The van der Waals surface area contributed by atoms with E-state index in [0.29, 0.717) is 12.1 Å². The SMILES string of the molecule is CCC(Sc1cccc(NC(=O)c2c(Cl)c(Cl)c(Cl)c(Cl)c2C(=O)O)c1)C(=O)Nc1ccccc1C. The molecule has 36 heavy (non-hydrogen) atoms. The van der Waals surface area contributed by atoms with Gasteiger partial charge in [0.25, 0.3) is 5.91 Å². The molecule has 0 aliphatic rings. The van der Waals surface area contributed by atoms with Gasteiger partial charge in [0.15, 0.2) is 0 Å². The number of carbonyl (C=O) groups excluding carboxylic acids is 2. The first kappa shape index (κ1) is 28.2. The van der Waals surface area contributed by atoms with E-state index in [2.05, 4.69) is 10.6 Å². The number of halogens is 4. The number of benzene rings is 3. The Morgan fingerprint density at radius 3 is 2.14 bits per heavy atom. The molecule has 2 amide bonds. The van der Waals surface area contributed by atoms with E-state index in [9.17, 15) is 19.5 Å². The van der Waals surface area contributed by atoms with Crippen LogP contribution in [0.25, 0.3) is 0 Å². The summed E-state index contributed by atoms with van der Waals surface area (Å²) in [6.07, 6.45) is 0.568. The average Bonchev–Trinajstić information content (AvgIpc) is 2.84. The maximum atomic E-state index is 13.0. The highest BCUT2D eigenvalue weighted by Gasteiger charge is 2.29. The standard InChI is InChI=1S/C25H20Cl4N2O4S/c1-3-16(23(32)31-15-10-5-4-7-12(15)2)36-14-9-6-8-13(11-14)30-24(33)17-18(25(34)35)20(27)22(29)21(28)19(17)26/h4-11,16H,3H2,1-2H3,(H,30,33)(H,31,32)(H,34,35). The topological polar surface area (TPSA) is 95.5 Å². The summed E-state index contributed by atoms with van der Waals surface area (Å²) in [5.41, 5.74) is 1.09. The molecular weight excluding hydrogens is 566 g/mol. The van der Waals surface area contributed by atoms with E-state index in [4.69, 9.17) is 46.4 Å². The molecule has 0 spiro atoms. The zero-order valence-electron chi connectivity index (χ0n) is 19.0. The molecule has 0 aliphatic carbocycles. The van der Waals surface area contributed by atoms with Crippen molar-refractivity contribution in [3.05, 3.63) is 85.3 Å². The Labute approximate surface area is 232 Å². The molecule has 3 aromatic carbocycles. The van der Waals surface area contributed by atoms with E-state index in [-0.39, 0.29) is 21.0 Å². The molecule has 0 saturated heterocycles. The van der Waals surface area contributed by atoms with Gasteiger partial charge in [0.1, 0.15) is 0 Å². The van der Waals surface area contributed by atoms with Crippen LogP contribution in [0.2, 0.25) is 20.1 Å². The second-order valence-corrected chi connectivity index (χ2v) is 10.4. The minimum atomic E-state index is -1.49. The summed E-state index contributed by atoms with van der Waals surface area (Å²) >= 11 is 25.5. The molecule has 0 radical (unpaired) electrons. The number of rotatable bonds is 8. The van der Waals surface area contributed by atoms with Crippen molar-refractivity contribution in [2.75, 3.05) is 10.6 Å². The number of carbonyl (C=O) groups is 3. The Balaban J connectivity index is 1.82. The number of nitrogens with one attached hydrogen (secondary N) is 2. The van der Waals surface area contributed by atoms with E-state index >= 15 is 0 Å². The monoisotopic (exact) mass is 584 g/mol. The van der Waals surface area contributed by atoms with Gasteiger partial charge >= 0.3 is 5.97 Å². The largest absolute Gasteiger partial charge is 0.478 e. The Morgan fingerprint density at radius 1 is 0.889 bits per heavy atom. The molecule has 0 fully saturated rings. The lowest BCUT2D eigenvalue weighted by molar-refractivity contribution is -0.115. The lowest BCUT2D eigenvalue weighted by Crippen LogP contribution is -2.24. The van der Waals surface area contributed by atoms with Crippen LogP contribution in [0, 0.1) is 6.92 Å². The summed E-state index contributed by atoms with van der Waals surface area (Å²) in [6, 6.07) is 14.3. The molecule has 0 aromatic heterocycles. The van der Waals surface area contributed by atoms with Crippen LogP contribution in [0.3, 0.4) is 0 Å². The molecule has 0 saturated carbocycles. The van der Waals surface area contributed by atoms with Crippen molar-refractivity contribution in [3.63, 3.8) is 0 Å². The fourth-order valence-electron chi connectivity index (χ4n) is 3.30. The number of aryl methyl sites for hydroxylation is 1. The Morgan fingerprint density at radius 2 is 1.53 bits per heavy atom. The van der Waals surface area contributed by atoms with Gasteiger partial charge in [-0.2, -0.15) is 0 Å². The van der Waals surface area contributed by atoms with Gasteiger partial charge in [-0.25, -0.2) is 4.79 Å². The molecule has 0 aliphatic heterocycles. The van der Waals surface area contributed by atoms with Crippen LogP contribution in [0.5, 0.6) is 0 Å². The third-order valence-electron chi connectivity index (χ3n) is 5.14. The summed E-state index contributed by atoms with van der Waals surface area (Å²) in [4.78, 5) is 38.4. The van der Waals surface area contributed by atoms with Crippen molar-refractivity contribution in [1.29, 1.82) is 0 Å². The zero-order valence-corrected chi connectivity index (χ0v) is 22.8. The first-order chi connectivity index (χ1) is 17.0. The number of carboxylic acid groups (broad SMARTS) is 1. The summed E-state index contributed by atoms with van der Waals surface area (Å²) in [6.45, 7) is 3.82. The van der Waals surface area contributed by atoms with Gasteiger partial charge in [0.05, 0.1) is 36.5 Å². The van der Waals surface area contributed by atoms with Gasteiger partial charge in [-0.1, -0.05) is 77.6 Å².